The predicted molar refractivity (Wildman–Crippen MR) is 95.4 cm³/mol. The third-order valence-electron chi connectivity index (χ3n) is 4.09. The largest absolute Gasteiger partial charge is 0.486 e. The highest BCUT2D eigenvalue weighted by molar-refractivity contribution is 6.00. The van der Waals surface area contributed by atoms with Gasteiger partial charge < -0.3 is 14.8 Å². The topological polar surface area (TPSA) is 64.6 Å². The third-order valence-corrected chi connectivity index (χ3v) is 4.09. The maximum absolute atomic E-state index is 12.2. The molecule has 0 saturated heterocycles. The van der Waals surface area contributed by atoms with E-state index >= 15 is 0 Å². The number of ketones is 1. The summed E-state index contributed by atoms with van der Waals surface area (Å²) in [6, 6.07) is 12.8. The fourth-order valence-corrected chi connectivity index (χ4v) is 2.64. The quantitative estimate of drug-likeness (QED) is 0.817. The molecule has 1 N–H and O–H groups in total. The molecule has 0 fully saturated rings. The molecule has 2 aromatic carbocycles. The Balaban J connectivity index is 1.53. The molecule has 0 saturated carbocycles. The van der Waals surface area contributed by atoms with Crippen LogP contribution in [-0.2, 0) is 11.2 Å². The molecule has 130 valence electrons. The lowest BCUT2D eigenvalue weighted by Gasteiger charge is -2.19. The summed E-state index contributed by atoms with van der Waals surface area (Å²) in [7, 11) is 0. The van der Waals surface area contributed by atoms with E-state index in [2.05, 4.69) is 12.2 Å². The molecular weight excluding hydrogens is 318 g/mol. The van der Waals surface area contributed by atoms with Crippen molar-refractivity contribution in [1.82, 2.24) is 0 Å². The van der Waals surface area contributed by atoms with E-state index < -0.39 is 0 Å². The minimum absolute atomic E-state index is 0.0278. The zero-order valence-electron chi connectivity index (χ0n) is 14.2. The first-order valence-electron chi connectivity index (χ1n) is 8.47. The highest BCUT2D eigenvalue weighted by atomic mass is 16.6. The molecule has 25 heavy (non-hydrogen) atoms. The van der Waals surface area contributed by atoms with Gasteiger partial charge in [0.1, 0.15) is 13.2 Å². The Hall–Kier alpha value is -2.82. The van der Waals surface area contributed by atoms with Crippen LogP contribution < -0.4 is 14.8 Å². The van der Waals surface area contributed by atoms with Gasteiger partial charge in [-0.25, -0.2) is 0 Å². The van der Waals surface area contributed by atoms with Crippen LogP contribution in [0.4, 0.5) is 5.69 Å². The van der Waals surface area contributed by atoms with Gasteiger partial charge >= 0.3 is 0 Å². The molecule has 0 unspecified atom stereocenters. The van der Waals surface area contributed by atoms with Gasteiger partial charge in [0.25, 0.3) is 0 Å². The van der Waals surface area contributed by atoms with Crippen molar-refractivity contribution in [3.63, 3.8) is 0 Å². The Labute approximate surface area is 147 Å². The van der Waals surface area contributed by atoms with Crippen LogP contribution in [0.25, 0.3) is 0 Å². The van der Waals surface area contributed by atoms with E-state index in [0.717, 1.165) is 6.42 Å². The van der Waals surface area contributed by atoms with E-state index in [1.165, 1.54) is 5.56 Å². The summed E-state index contributed by atoms with van der Waals surface area (Å²) in [5.41, 5.74) is 2.46. The smallest absolute Gasteiger partial charge is 0.224 e. The first-order valence-corrected chi connectivity index (χ1v) is 8.47. The van der Waals surface area contributed by atoms with Gasteiger partial charge in [-0.05, 0) is 24.1 Å². The molecule has 1 aliphatic rings. The SMILES string of the molecule is CCc1ccc(C(=O)CCC(=O)Nc2ccc3c(c2)OCCO3)cc1. The summed E-state index contributed by atoms with van der Waals surface area (Å²) < 4.78 is 10.9. The molecule has 0 aromatic heterocycles. The van der Waals surface area contributed by atoms with Gasteiger partial charge in [0.15, 0.2) is 17.3 Å². The van der Waals surface area contributed by atoms with Gasteiger partial charge in [0.2, 0.25) is 5.91 Å². The van der Waals surface area contributed by atoms with E-state index in [9.17, 15) is 9.59 Å². The Kier molecular flexibility index (Phi) is 5.33. The zero-order valence-corrected chi connectivity index (χ0v) is 14.2. The maximum Gasteiger partial charge on any atom is 0.224 e. The van der Waals surface area contributed by atoms with Crippen molar-refractivity contribution in [2.75, 3.05) is 18.5 Å². The number of benzene rings is 2. The summed E-state index contributed by atoms with van der Waals surface area (Å²) >= 11 is 0. The van der Waals surface area contributed by atoms with E-state index in [4.69, 9.17) is 9.47 Å². The summed E-state index contributed by atoms with van der Waals surface area (Å²) in [5.74, 6) is 1.07. The predicted octanol–water partition coefficient (Wildman–Crippen LogP) is 3.62. The summed E-state index contributed by atoms with van der Waals surface area (Å²) in [5, 5.41) is 2.79. The van der Waals surface area contributed by atoms with Crippen molar-refractivity contribution in [3.05, 3.63) is 53.6 Å². The van der Waals surface area contributed by atoms with Crippen LogP contribution in [0.15, 0.2) is 42.5 Å². The number of nitrogens with one attached hydrogen (secondary N) is 1. The highest BCUT2D eigenvalue weighted by Crippen LogP contribution is 2.32. The molecule has 0 radical (unpaired) electrons. The number of amides is 1. The van der Waals surface area contributed by atoms with Gasteiger partial charge in [-0.1, -0.05) is 31.2 Å². The minimum Gasteiger partial charge on any atom is -0.486 e. The fraction of sp³-hybridized carbons (Fsp3) is 0.300. The second-order valence-corrected chi connectivity index (χ2v) is 5.88. The average Bonchev–Trinajstić information content (AvgIpc) is 2.66. The number of anilines is 1. The number of carbonyl (C=O) groups excluding carboxylic acids is 2. The van der Waals surface area contributed by atoms with Crippen LogP contribution in [0.2, 0.25) is 0 Å². The first kappa shape index (κ1) is 17.0. The number of ether oxygens (including phenoxy) is 2. The van der Waals surface area contributed by atoms with Crippen LogP contribution in [0.5, 0.6) is 11.5 Å². The van der Waals surface area contributed by atoms with Crippen molar-refractivity contribution >= 4 is 17.4 Å². The molecule has 1 aliphatic heterocycles. The molecule has 1 heterocycles. The van der Waals surface area contributed by atoms with Gasteiger partial charge in [-0.15, -0.1) is 0 Å². The standard InChI is InChI=1S/C20H21NO4/c1-2-14-3-5-15(6-4-14)17(22)8-10-20(23)21-16-7-9-18-19(13-16)25-12-11-24-18/h3-7,9,13H,2,8,10-12H2,1H3,(H,21,23). The van der Waals surface area contributed by atoms with Crippen molar-refractivity contribution in [3.8, 4) is 11.5 Å². The summed E-state index contributed by atoms with van der Waals surface area (Å²) in [4.78, 5) is 24.3. The summed E-state index contributed by atoms with van der Waals surface area (Å²) in [6.45, 7) is 3.09. The Bertz CT molecular complexity index is 768. The molecule has 5 heteroatoms. The van der Waals surface area contributed by atoms with Gasteiger partial charge in [-0.2, -0.15) is 0 Å². The number of Topliss-reactive ketones (excluding diaryl/α,β-unsaturated/α-hetero) is 1. The van der Waals surface area contributed by atoms with Crippen LogP contribution in [0, 0.1) is 0 Å². The van der Waals surface area contributed by atoms with Crippen LogP contribution in [0.1, 0.15) is 35.7 Å². The van der Waals surface area contributed by atoms with Crippen molar-refractivity contribution in [2.45, 2.75) is 26.2 Å². The summed E-state index contributed by atoms with van der Waals surface area (Å²) in [6.07, 6.45) is 1.26. The fourth-order valence-electron chi connectivity index (χ4n) is 2.64. The Morgan fingerprint density at radius 3 is 2.40 bits per heavy atom. The molecule has 2 aromatic rings. The van der Waals surface area contributed by atoms with Gasteiger partial charge in [-0.3, -0.25) is 9.59 Å². The van der Waals surface area contributed by atoms with E-state index in [1.54, 1.807) is 18.2 Å². The van der Waals surface area contributed by atoms with Crippen LogP contribution >= 0.6 is 0 Å². The van der Waals surface area contributed by atoms with Crippen molar-refractivity contribution < 1.29 is 19.1 Å². The van der Waals surface area contributed by atoms with Crippen molar-refractivity contribution in [2.24, 2.45) is 0 Å². The molecule has 0 aliphatic carbocycles. The number of hydrogen-bond donors (Lipinski definition) is 1. The lowest BCUT2D eigenvalue weighted by atomic mass is 10.0. The molecule has 0 bridgehead atoms. The maximum atomic E-state index is 12.2. The molecule has 5 nitrogen and oxygen atoms in total. The van der Waals surface area contributed by atoms with Crippen LogP contribution in [-0.4, -0.2) is 24.9 Å². The monoisotopic (exact) mass is 339 g/mol. The number of aryl methyl sites for hydroxylation is 1. The van der Waals surface area contributed by atoms with Gasteiger partial charge in [0, 0.05) is 30.2 Å². The third kappa shape index (κ3) is 4.38. The van der Waals surface area contributed by atoms with Crippen LogP contribution in [0.3, 0.4) is 0 Å². The second-order valence-electron chi connectivity index (χ2n) is 5.88. The number of carbonyl (C=O) groups is 2. The molecule has 3 rings (SSSR count). The Morgan fingerprint density at radius 2 is 1.68 bits per heavy atom. The number of hydrogen-bond acceptors (Lipinski definition) is 4. The second kappa shape index (κ2) is 7.83. The normalized spacial score (nSPS) is 12.5. The van der Waals surface area contributed by atoms with E-state index in [0.29, 0.717) is 36.0 Å². The molecular formula is C20H21NO4. The average molecular weight is 339 g/mol. The van der Waals surface area contributed by atoms with Crippen molar-refractivity contribution in [1.29, 1.82) is 0 Å². The van der Waals surface area contributed by atoms with E-state index in [-0.39, 0.29) is 24.5 Å². The molecule has 1 amide bonds. The highest BCUT2D eigenvalue weighted by Gasteiger charge is 2.14. The first-order chi connectivity index (χ1) is 12.2. The number of fused-ring (bicyclic) bond motifs is 1. The Morgan fingerprint density at radius 1 is 0.960 bits per heavy atom. The lowest BCUT2D eigenvalue weighted by molar-refractivity contribution is -0.116. The molecule has 0 atom stereocenters. The van der Waals surface area contributed by atoms with Gasteiger partial charge in [0.05, 0.1) is 0 Å². The number of rotatable bonds is 6. The van der Waals surface area contributed by atoms with E-state index in [1.807, 2.05) is 24.3 Å². The zero-order chi connectivity index (χ0) is 17.6. The lowest BCUT2D eigenvalue weighted by Crippen LogP contribution is -2.16. The molecule has 0 spiro atoms. The minimum atomic E-state index is -0.199.